The van der Waals surface area contributed by atoms with Crippen LogP contribution in [0.3, 0.4) is 0 Å². The molecule has 3 rings (SSSR count). The highest BCUT2D eigenvalue weighted by molar-refractivity contribution is 5.85. The summed E-state index contributed by atoms with van der Waals surface area (Å²) in [6.45, 7) is 1.24. The summed E-state index contributed by atoms with van der Waals surface area (Å²) >= 11 is 0. The molecule has 3 atom stereocenters. The van der Waals surface area contributed by atoms with E-state index in [4.69, 9.17) is 4.74 Å². The number of amides is 1. The second-order valence-electron chi connectivity index (χ2n) is 4.83. The van der Waals surface area contributed by atoms with E-state index >= 15 is 0 Å². The van der Waals surface area contributed by atoms with E-state index in [1.165, 1.54) is 0 Å². The topological polar surface area (TPSA) is 46.6 Å². The van der Waals surface area contributed by atoms with Gasteiger partial charge in [-0.05, 0) is 19.3 Å². The number of fused-ring (bicyclic) bond motifs is 2. The number of carbonyl (C=O) groups excluding carboxylic acids is 2. The molecule has 0 radical (unpaired) electrons. The molecule has 0 aromatic heterocycles. The molecule has 15 heavy (non-hydrogen) atoms. The van der Waals surface area contributed by atoms with E-state index < -0.39 is 0 Å². The van der Waals surface area contributed by atoms with Crippen LogP contribution in [-0.4, -0.2) is 42.4 Å². The average molecular weight is 209 g/mol. The minimum Gasteiger partial charge on any atom is -0.379 e. The van der Waals surface area contributed by atoms with Crippen LogP contribution < -0.4 is 0 Å². The molecule has 0 aromatic rings. The van der Waals surface area contributed by atoms with Crippen molar-refractivity contribution >= 4 is 12.2 Å². The predicted molar refractivity (Wildman–Crippen MR) is 52.1 cm³/mol. The van der Waals surface area contributed by atoms with Crippen LogP contribution in [-0.2, 0) is 14.3 Å². The fourth-order valence-electron chi connectivity index (χ4n) is 2.79. The van der Waals surface area contributed by atoms with Crippen LogP contribution in [0.15, 0.2) is 0 Å². The van der Waals surface area contributed by atoms with Gasteiger partial charge >= 0.3 is 0 Å². The van der Waals surface area contributed by atoms with Gasteiger partial charge in [-0.2, -0.15) is 0 Å². The molecule has 4 heteroatoms. The summed E-state index contributed by atoms with van der Waals surface area (Å²) in [5.74, 6) is 0.626. The molecule has 0 spiro atoms. The van der Waals surface area contributed by atoms with E-state index in [0.29, 0.717) is 13.2 Å². The van der Waals surface area contributed by atoms with Gasteiger partial charge in [0.25, 0.3) is 0 Å². The Morgan fingerprint density at radius 2 is 2.13 bits per heavy atom. The molecule has 0 N–H and O–H groups in total. The van der Waals surface area contributed by atoms with Gasteiger partial charge < -0.3 is 14.4 Å². The maximum absolute atomic E-state index is 12.0. The lowest BCUT2D eigenvalue weighted by Crippen LogP contribution is -2.44. The lowest BCUT2D eigenvalue weighted by atomic mass is 9.99. The lowest BCUT2D eigenvalue weighted by Gasteiger charge is -2.26. The summed E-state index contributed by atoms with van der Waals surface area (Å²) in [6.07, 6.45) is 3.87. The molecule has 0 unspecified atom stereocenters. The molecule has 4 nitrogen and oxygen atoms in total. The van der Waals surface area contributed by atoms with Gasteiger partial charge in [0.05, 0.1) is 25.3 Å². The van der Waals surface area contributed by atoms with Crippen LogP contribution >= 0.6 is 0 Å². The van der Waals surface area contributed by atoms with Crippen LogP contribution in [0.2, 0.25) is 0 Å². The Balaban J connectivity index is 1.84. The molecular weight excluding hydrogens is 194 g/mol. The monoisotopic (exact) mass is 209 g/mol. The second kappa shape index (κ2) is 3.30. The first kappa shape index (κ1) is 9.33. The van der Waals surface area contributed by atoms with E-state index in [-0.39, 0.29) is 29.8 Å². The fraction of sp³-hybridized carbons (Fsp3) is 0.818. The number of nitrogens with zero attached hydrogens (tertiary/aromatic N) is 1. The van der Waals surface area contributed by atoms with Crippen molar-refractivity contribution < 1.29 is 14.3 Å². The normalized spacial score (nSPS) is 39.2. The minimum atomic E-state index is -0.217. The van der Waals surface area contributed by atoms with Crippen molar-refractivity contribution in [2.24, 2.45) is 11.8 Å². The zero-order valence-electron chi connectivity index (χ0n) is 8.59. The smallest absolute Gasteiger partial charge is 0.226 e. The molecule has 2 saturated heterocycles. The summed E-state index contributed by atoms with van der Waals surface area (Å²) in [4.78, 5) is 24.9. The van der Waals surface area contributed by atoms with Crippen LogP contribution in [0.1, 0.15) is 19.3 Å². The van der Waals surface area contributed by atoms with Gasteiger partial charge in [0.15, 0.2) is 0 Å². The first-order chi connectivity index (χ1) is 7.31. The van der Waals surface area contributed by atoms with Crippen molar-refractivity contribution in [3.05, 3.63) is 0 Å². The van der Waals surface area contributed by atoms with Gasteiger partial charge in [-0.3, -0.25) is 4.79 Å². The first-order valence-corrected chi connectivity index (χ1v) is 5.66. The molecule has 1 amide bonds. The molecular formula is C11H15NO3. The third kappa shape index (κ3) is 1.39. The molecule has 1 saturated carbocycles. The quantitative estimate of drug-likeness (QED) is 0.611. The highest BCUT2D eigenvalue weighted by Gasteiger charge is 2.49. The van der Waals surface area contributed by atoms with Gasteiger partial charge in [-0.25, -0.2) is 0 Å². The Labute approximate surface area is 88.6 Å². The van der Waals surface area contributed by atoms with E-state index in [1.807, 2.05) is 4.90 Å². The van der Waals surface area contributed by atoms with E-state index in [9.17, 15) is 9.59 Å². The Kier molecular flexibility index (Phi) is 2.06. The summed E-state index contributed by atoms with van der Waals surface area (Å²) in [5, 5.41) is 0. The number of rotatable bonds is 2. The van der Waals surface area contributed by atoms with Crippen LogP contribution in [0.5, 0.6) is 0 Å². The Morgan fingerprint density at radius 1 is 1.33 bits per heavy atom. The van der Waals surface area contributed by atoms with Crippen LogP contribution in [0, 0.1) is 11.8 Å². The lowest BCUT2D eigenvalue weighted by molar-refractivity contribution is -0.138. The number of aldehydes is 1. The third-order valence-electron chi connectivity index (χ3n) is 3.74. The molecule has 2 aliphatic heterocycles. The van der Waals surface area contributed by atoms with Gasteiger partial charge in [0.2, 0.25) is 5.91 Å². The van der Waals surface area contributed by atoms with Gasteiger partial charge in [0, 0.05) is 11.8 Å². The first-order valence-electron chi connectivity index (χ1n) is 5.66. The van der Waals surface area contributed by atoms with E-state index in [1.54, 1.807) is 0 Å². The molecule has 2 heterocycles. The second-order valence-corrected chi connectivity index (χ2v) is 4.83. The fourth-order valence-corrected chi connectivity index (χ4v) is 2.79. The molecule has 82 valence electrons. The molecule has 3 fully saturated rings. The maximum atomic E-state index is 12.0. The molecule has 3 aliphatic rings. The van der Waals surface area contributed by atoms with Crippen molar-refractivity contribution in [3.8, 4) is 0 Å². The summed E-state index contributed by atoms with van der Waals surface area (Å²) in [5.41, 5.74) is 0. The molecule has 2 bridgehead atoms. The van der Waals surface area contributed by atoms with Crippen molar-refractivity contribution in [3.63, 3.8) is 0 Å². The molecule has 1 aliphatic carbocycles. The number of carbonyl (C=O) groups is 2. The summed E-state index contributed by atoms with van der Waals surface area (Å²) in [7, 11) is 0. The van der Waals surface area contributed by atoms with Gasteiger partial charge in [0.1, 0.15) is 6.29 Å². The van der Waals surface area contributed by atoms with E-state index in [0.717, 1.165) is 25.5 Å². The zero-order valence-corrected chi connectivity index (χ0v) is 8.59. The number of hydrogen-bond donors (Lipinski definition) is 0. The molecule has 0 aromatic carbocycles. The highest BCUT2D eigenvalue weighted by atomic mass is 16.5. The van der Waals surface area contributed by atoms with Crippen LogP contribution in [0.4, 0.5) is 0 Å². The Hall–Kier alpha value is -0.900. The number of hydrogen-bond acceptors (Lipinski definition) is 3. The van der Waals surface area contributed by atoms with Crippen molar-refractivity contribution in [1.29, 1.82) is 0 Å². The highest BCUT2D eigenvalue weighted by Crippen LogP contribution is 2.39. The number of ether oxygens (including phenoxy) is 1. The largest absolute Gasteiger partial charge is 0.379 e. The van der Waals surface area contributed by atoms with E-state index in [2.05, 4.69) is 0 Å². The zero-order chi connectivity index (χ0) is 10.4. The van der Waals surface area contributed by atoms with Crippen molar-refractivity contribution in [1.82, 2.24) is 4.90 Å². The number of likely N-dealkylation sites (tertiary alicyclic amines) is 1. The maximum Gasteiger partial charge on any atom is 0.226 e. The predicted octanol–water partition coefficient (Wildman–Crippen LogP) is 0.211. The minimum absolute atomic E-state index is 0.159. The average Bonchev–Trinajstić information content (AvgIpc) is 3.05. The summed E-state index contributed by atoms with van der Waals surface area (Å²) in [6, 6.07) is -0.0577. The van der Waals surface area contributed by atoms with Crippen molar-refractivity contribution in [2.45, 2.75) is 31.3 Å². The van der Waals surface area contributed by atoms with Crippen molar-refractivity contribution in [2.75, 3.05) is 13.2 Å². The standard InChI is InChI=1S/C11H15NO3/c13-4-10-8-3-9(6-15-5-8)12(10)11(14)7-1-2-7/h4,7-10H,1-3,5-6H2/t8-,9+,10-/m0/s1. The third-order valence-corrected chi connectivity index (χ3v) is 3.74. The van der Waals surface area contributed by atoms with Gasteiger partial charge in [-0.15, -0.1) is 0 Å². The Bertz CT molecular complexity index is 300. The SMILES string of the molecule is O=C[C@H]1[C@@H]2COC[C@@H](C2)N1C(=O)C1CC1. The van der Waals surface area contributed by atoms with Crippen LogP contribution in [0.25, 0.3) is 0 Å². The Morgan fingerprint density at radius 3 is 2.80 bits per heavy atom. The van der Waals surface area contributed by atoms with Gasteiger partial charge in [-0.1, -0.05) is 0 Å². The summed E-state index contributed by atoms with van der Waals surface area (Å²) < 4.78 is 5.42.